The molecule has 2 N–H and O–H groups in total. The molecule has 0 spiro atoms. The Bertz CT molecular complexity index is 1480. The molecular weight excluding hydrogens is 510 g/mol. The molecule has 7 heteroatoms. The van der Waals surface area contributed by atoms with E-state index in [-0.39, 0.29) is 11.8 Å². The average molecular weight is 540 g/mol. The molecule has 0 unspecified atom stereocenters. The van der Waals surface area contributed by atoms with Gasteiger partial charge in [0.15, 0.2) is 0 Å². The molecule has 4 aromatic carbocycles. The molecule has 2 amide bonds. The summed E-state index contributed by atoms with van der Waals surface area (Å²) in [6.07, 6.45) is 0. The second-order valence-corrected chi connectivity index (χ2v) is 9.96. The lowest BCUT2D eigenvalue weighted by Crippen LogP contribution is -2.36. The van der Waals surface area contributed by atoms with Gasteiger partial charge in [0.2, 0.25) is 0 Å². The molecule has 6 nitrogen and oxygen atoms in total. The van der Waals surface area contributed by atoms with E-state index < -0.39 is 0 Å². The molecule has 0 atom stereocenters. The SMILES string of the molecule is Cc1cc(C(=O)NCc2cccc(Cl)c2)ccc1-c1cccc(C(=O)Nc2ccc(N3CCOCC3)cc2)c1. The lowest BCUT2D eigenvalue weighted by atomic mass is 9.96. The number of nitrogens with one attached hydrogen (secondary N) is 2. The van der Waals surface area contributed by atoms with E-state index in [2.05, 4.69) is 15.5 Å². The fraction of sp³-hybridized carbons (Fsp3) is 0.188. The maximum absolute atomic E-state index is 13.0. The highest BCUT2D eigenvalue weighted by molar-refractivity contribution is 6.30. The van der Waals surface area contributed by atoms with Crippen molar-refractivity contribution in [1.29, 1.82) is 0 Å². The Labute approximate surface area is 233 Å². The summed E-state index contributed by atoms with van der Waals surface area (Å²) in [6, 6.07) is 28.4. The van der Waals surface area contributed by atoms with Crippen LogP contribution in [0.3, 0.4) is 0 Å². The van der Waals surface area contributed by atoms with Gasteiger partial charge in [-0.15, -0.1) is 0 Å². The number of amides is 2. The van der Waals surface area contributed by atoms with E-state index in [9.17, 15) is 9.59 Å². The number of hydrogen-bond donors (Lipinski definition) is 2. The topological polar surface area (TPSA) is 70.7 Å². The summed E-state index contributed by atoms with van der Waals surface area (Å²) in [4.78, 5) is 28.0. The first kappa shape index (κ1) is 26.5. The van der Waals surface area contributed by atoms with Crippen molar-refractivity contribution in [3.63, 3.8) is 0 Å². The summed E-state index contributed by atoms with van der Waals surface area (Å²) >= 11 is 6.03. The fourth-order valence-corrected chi connectivity index (χ4v) is 4.88. The minimum Gasteiger partial charge on any atom is -0.378 e. The van der Waals surface area contributed by atoms with Crippen LogP contribution in [0.1, 0.15) is 31.8 Å². The molecule has 4 aromatic rings. The van der Waals surface area contributed by atoms with Crippen LogP contribution < -0.4 is 15.5 Å². The van der Waals surface area contributed by atoms with Gasteiger partial charge in [-0.2, -0.15) is 0 Å². The van der Waals surface area contributed by atoms with Gasteiger partial charge in [0.1, 0.15) is 0 Å². The lowest BCUT2D eigenvalue weighted by Gasteiger charge is -2.28. The van der Waals surface area contributed by atoms with Gasteiger partial charge >= 0.3 is 0 Å². The molecule has 5 rings (SSSR count). The van der Waals surface area contributed by atoms with E-state index in [4.69, 9.17) is 16.3 Å². The first-order valence-corrected chi connectivity index (χ1v) is 13.3. The van der Waals surface area contributed by atoms with Crippen molar-refractivity contribution in [3.8, 4) is 11.1 Å². The Morgan fingerprint density at radius 2 is 1.59 bits per heavy atom. The Balaban J connectivity index is 1.24. The number of aryl methyl sites for hydroxylation is 1. The lowest BCUT2D eigenvalue weighted by molar-refractivity contribution is 0.0950. The summed E-state index contributed by atoms with van der Waals surface area (Å²) in [5, 5.41) is 6.57. The summed E-state index contributed by atoms with van der Waals surface area (Å²) in [7, 11) is 0. The second-order valence-electron chi connectivity index (χ2n) is 9.52. The first-order chi connectivity index (χ1) is 19.0. The maximum atomic E-state index is 13.0. The van der Waals surface area contributed by atoms with Gasteiger partial charge in [-0.1, -0.05) is 41.9 Å². The molecule has 1 fully saturated rings. The van der Waals surface area contributed by atoms with Crippen molar-refractivity contribution in [1.82, 2.24) is 5.32 Å². The van der Waals surface area contributed by atoms with Crippen molar-refractivity contribution in [2.45, 2.75) is 13.5 Å². The van der Waals surface area contributed by atoms with Crippen LogP contribution in [-0.4, -0.2) is 38.1 Å². The Morgan fingerprint density at radius 3 is 2.33 bits per heavy atom. The van der Waals surface area contributed by atoms with Crippen LogP contribution in [0, 0.1) is 6.92 Å². The van der Waals surface area contributed by atoms with Crippen molar-refractivity contribution in [2.24, 2.45) is 0 Å². The van der Waals surface area contributed by atoms with Crippen LogP contribution in [0.2, 0.25) is 5.02 Å². The number of carbonyl (C=O) groups is 2. The number of benzene rings is 4. The van der Waals surface area contributed by atoms with Crippen LogP contribution in [0.25, 0.3) is 11.1 Å². The number of carbonyl (C=O) groups excluding carboxylic acids is 2. The Hall–Kier alpha value is -4.13. The predicted molar refractivity (Wildman–Crippen MR) is 157 cm³/mol. The van der Waals surface area contributed by atoms with Gasteiger partial charge in [-0.25, -0.2) is 0 Å². The Kier molecular flexibility index (Phi) is 8.25. The molecular formula is C32H30ClN3O3. The number of nitrogens with zero attached hydrogens (tertiary/aromatic N) is 1. The van der Waals surface area contributed by atoms with Gasteiger partial charge in [0.25, 0.3) is 11.8 Å². The van der Waals surface area contributed by atoms with Gasteiger partial charge in [0.05, 0.1) is 13.2 Å². The van der Waals surface area contributed by atoms with Gasteiger partial charge < -0.3 is 20.3 Å². The normalized spacial score (nSPS) is 13.1. The molecule has 0 radical (unpaired) electrons. The zero-order valence-corrected chi connectivity index (χ0v) is 22.5. The largest absolute Gasteiger partial charge is 0.378 e. The standard InChI is InChI=1S/C32H30ClN3O3/c1-22-18-26(31(37)34-21-23-4-2-7-27(33)19-23)8-13-30(22)24-5-3-6-25(20-24)32(38)35-28-9-11-29(12-10-28)36-14-16-39-17-15-36/h2-13,18-20H,14-17,21H2,1H3,(H,34,37)(H,35,38). The minimum absolute atomic E-state index is 0.155. The molecule has 0 bridgehead atoms. The summed E-state index contributed by atoms with van der Waals surface area (Å²) < 4.78 is 5.42. The molecule has 198 valence electrons. The number of anilines is 2. The summed E-state index contributed by atoms with van der Waals surface area (Å²) in [5.74, 6) is -0.331. The molecule has 1 aliphatic heterocycles. The number of halogens is 1. The molecule has 1 aliphatic rings. The average Bonchev–Trinajstić information content (AvgIpc) is 2.97. The van der Waals surface area contributed by atoms with Crippen molar-refractivity contribution in [3.05, 3.63) is 118 Å². The van der Waals surface area contributed by atoms with Gasteiger partial charge in [-0.05, 0) is 89.8 Å². The smallest absolute Gasteiger partial charge is 0.255 e. The predicted octanol–water partition coefficient (Wildman–Crippen LogP) is 6.33. The number of morpholine rings is 1. The number of ether oxygens (including phenoxy) is 1. The van der Waals surface area contributed by atoms with E-state index in [1.54, 1.807) is 18.2 Å². The monoisotopic (exact) mass is 539 g/mol. The molecule has 0 aromatic heterocycles. The molecule has 39 heavy (non-hydrogen) atoms. The third-order valence-electron chi connectivity index (χ3n) is 6.77. The quantitative estimate of drug-likeness (QED) is 0.288. The summed E-state index contributed by atoms with van der Waals surface area (Å²) in [6.45, 7) is 5.56. The van der Waals surface area contributed by atoms with E-state index in [1.807, 2.05) is 79.7 Å². The molecule has 0 aliphatic carbocycles. The zero-order valence-electron chi connectivity index (χ0n) is 21.7. The van der Waals surface area contributed by atoms with Gasteiger partial charge in [-0.3, -0.25) is 9.59 Å². The van der Waals surface area contributed by atoms with E-state index >= 15 is 0 Å². The van der Waals surface area contributed by atoms with Crippen LogP contribution >= 0.6 is 11.6 Å². The van der Waals surface area contributed by atoms with Crippen molar-refractivity contribution >= 4 is 34.8 Å². The van der Waals surface area contributed by atoms with Crippen LogP contribution in [0.15, 0.2) is 91.0 Å². The first-order valence-electron chi connectivity index (χ1n) is 12.9. The van der Waals surface area contributed by atoms with E-state index in [0.29, 0.717) is 22.7 Å². The van der Waals surface area contributed by atoms with E-state index in [1.165, 1.54) is 0 Å². The molecule has 1 saturated heterocycles. The number of rotatable bonds is 7. The van der Waals surface area contributed by atoms with Crippen LogP contribution in [0.5, 0.6) is 0 Å². The highest BCUT2D eigenvalue weighted by Gasteiger charge is 2.13. The molecule has 0 saturated carbocycles. The van der Waals surface area contributed by atoms with Crippen LogP contribution in [-0.2, 0) is 11.3 Å². The maximum Gasteiger partial charge on any atom is 0.255 e. The van der Waals surface area contributed by atoms with E-state index in [0.717, 1.165) is 59.9 Å². The number of hydrogen-bond acceptors (Lipinski definition) is 4. The highest BCUT2D eigenvalue weighted by atomic mass is 35.5. The van der Waals surface area contributed by atoms with Crippen LogP contribution in [0.4, 0.5) is 11.4 Å². The Morgan fingerprint density at radius 1 is 0.846 bits per heavy atom. The zero-order chi connectivity index (χ0) is 27.2. The molecule has 1 heterocycles. The minimum atomic E-state index is -0.175. The van der Waals surface area contributed by atoms with Crippen molar-refractivity contribution < 1.29 is 14.3 Å². The van der Waals surface area contributed by atoms with Crippen molar-refractivity contribution in [2.75, 3.05) is 36.5 Å². The third kappa shape index (κ3) is 6.66. The highest BCUT2D eigenvalue weighted by Crippen LogP contribution is 2.26. The van der Waals surface area contributed by atoms with Gasteiger partial charge in [0, 0.05) is 47.2 Å². The fourth-order valence-electron chi connectivity index (χ4n) is 4.67. The summed E-state index contributed by atoms with van der Waals surface area (Å²) in [5.41, 5.74) is 6.76. The second kappa shape index (κ2) is 12.2. The third-order valence-corrected chi connectivity index (χ3v) is 7.00.